The summed E-state index contributed by atoms with van der Waals surface area (Å²) in [4.78, 5) is 14.8. The van der Waals surface area contributed by atoms with Gasteiger partial charge in [0.15, 0.2) is 0 Å². The third kappa shape index (κ3) is 3.50. The van der Waals surface area contributed by atoms with Crippen LogP contribution in [-0.2, 0) is 4.79 Å². The zero-order valence-corrected chi connectivity index (χ0v) is 12.9. The van der Waals surface area contributed by atoms with Gasteiger partial charge in [-0.25, -0.2) is 0 Å². The smallest absolute Gasteiger partial charge is 0.240 e. The minimum atomic E-state index is 0.00880. The van der Waals surface area contributed by atoms with Crippen LogP contribution in [0.2, 0.25) is 0 Å². The maximum atomic E-state index is 12.8. The van der Waals surface area contributed by atoms with Crippen molar-refractivity contribution in [3.05, 3.63) is 0 Å². The van der Waals surface area contributed by atoms with E-state index in [9.17, 15) is 4.79 Å². The van der Waals surface area contributed by atoms with Crippen LogP contribution in [0.3, 0.4) is 0 Å². The Morgan fingerprint density at radius 1 is 1.11 bits per heavy atom. The van der Waals surface area contributed by atoms with E-state index in [1.807, 2.05) is 7.05 Å². The Kier molecular flexibility index (Phi) is 4.88. The van der Waals surface area contributed by atoms with Gasteiger partial charge >= 0.3 is 0 Å². The Bertz CT molecular complexity index is 306. The number of hydrogen-bond donors (Lipinski definition) is 1. The third-order valence-corrected chi connectivity index (χ3v) is 5.09. The normalized spacial score (nSPS) is 28.7. The maximum Gasteiger partial charge on any atom is 0.240 e. The molecular formula is C16H30N2O. The molecule has 0 spiro atoms. The quantitative estimate of drug-likeness (QED) is 0.779. The Morgan fingerprint density at radius 3 is 2.32 bits per heavy atom. The van der Waals surface area contributed by atoms with Crippen LogP contribution in [0.25, 0.3) is 0 Å². The highest BCUT2D eigenvalue weighted by Gasteiger charge is 2.39. The molecule has 0 aromatic rings. The number of piperidine rings is 1. The Morgan fingerprint density at radius 2 is 1.74 bits per heavy atom. The predicted molar refractivity (Wildman–Crippen MR) is 79.1 cm³/mol. The lowest BCUT2D eigenvalue weighted by molar-refractivity contribution is -0.138. The van der Waals surface area contributed by atoms with Crippen molar-refractivity contribution in [1.29, 1.82) is 0 Å². The summed E-state index contributed by atoms with van der Waals surface area (Å²) in [5.74, 6) is 0.316. The molecule has 1 N–H and O–H groups in total. The van der Waals surface area contributed by atoms with Crippen molar-refractivity contribution in [1.82, 2.24) is 10.2 Å². The van der Waals surface area contributed by atoms with Gasteiger partial charge in [-0.15, -0.1) is 0 Å². The van der Waals surface area contributed by atoms with E-state index in [2.05, 4.69) is 24.1 Å². The first-order chi connectivity index (χ1) is 9.02. The van der Waals surface area contributed by atoms with Crippen LogP contribution in [-0.4, -0.2) is 36.5 Å². The second-order valence-electron chi connectivity index (χ2n) is 7.07. The lowest BCUT2D eigenvalue weighted by atomic mass is 9.77. The Hall–Kier alpha value is -0.570. The molecule has 1 amide bonds. The van der Waals surface area contributed by atoms with E-state index >= 15 is 0 Å². The molecule has 2 rings (SSSR count). The van der Waals surface area contributed by atoms with E-state index in [0.717, 1.165) is 13.0 Å². The monoisotopic (exact) mass is 266 g/mol. The van der Waals surface area contributed by atoms with Crippen molar-refractivity contribution < 1.29 is 4.79 Å². The standard InChI is InChI=1S/C16H30N2O/c1-16(2)11-8-12-17-14(16)15(19)18(3)13-9-6-4-5-7-10-13/h13-14,17H,4-12H2,1-3H3. The molecule has 2 fully saturated rings. The molecule has 2 aliphatic rings. The lowest BCUT2D eigenvalue weighted by Crippen LogP contribution is -2.57. The molecule has 0 aromatic carbocycles. The van der Waals surface area contributed by atoms with Gasteiger partial charge in [-0.3, -0.25) is 4.79 Å². The lowest BCUT2D eigenvalue weighted by Gasteiger charge is -2.41. The Labute approximate surface area is 118 Å². The molecule has 0 aromatic heterocycles. The van der Waals surface area contributed by atoms with Crippen molar-refractivity contribution >= 4 is 5.91 Å². The van der Waals surface area contributed by atoms with Crippen LogP contribution in [0, 0.1) is 5.41 Å². The summed E-state index contributed by atoms with van der Waals surface area (Å²) in [7, 11) is 2.02. The third-order valence-electron chi connectivity index (χ3n) is 5.09. The van der Waals surface area contributed by atoms with Gasteiger partial charge in [0.1, 0.15) is 0 Å². The van der Waals surface area contributed by atoms with Crippen LogP contribution in [0.4, 0.5) is 0 Å². The highest BCUT2D eigenvalue weighted by molar-refractivity contribution is 5.83. The van der Waals surface area contributed by atoms with E-state index in [1.165, 1.54) is 44.9 Å². The van der Waals surface area contributed by atoms with Crippen LogP contribution in [0.5, 0.6) is 0 Å². The van der Waals surface area contributed by atoms with E-state index in [4.69, 9.17) is 0 Å². The SMILES string of the molecule is CN(C(=O)C1NCCCC1(C)C)C1CCCCCC1. The molecule has 19 heavy (non-hydrogen) atoms. The second kappa shape index (κ2) is 6.25. The Balaban J connectivity index is 2.00. The van der Waals surface area contributed by atoms with Crippen molar-refractivity contribution in [3.63, 3.8) is 0 Å². The molecule has 3 heteroatoms. The number of hydrogen-bond acceptors (Lipinski definition) is 2. The molecule has 1 aliphatic heterocycles. The largest absolute Gasteiger partial charge is 0.341 e. The van der Waals surface area contributed by atoms with Gasteiger partial charge in [-0.2, -0.15) is 0 Å². The van der Waals surface area contributed by atoms with Gasteiger partial charge < -0.3 is 10.2 Å². The van der Waals surface area contributed by atoms with Crippen molar-refractivity contribution in [2.75, 3.05) is 13.6 Å². The topological polar surface area (TPSA) is 32.3 Å². The van der Waals surface area contributed by atoms with Crippen LogP contribution < -0.4 is 5.32 Å². The van der Waals surface area contributed by atoms with E-state index < -0.39 is 0 Å². The first kappa shape index (κ1) is 14.8. The maximum absolute atomic E-state index is 12.8. The molecule has 110 valence electrons. The van der Waals surface area contributed by atoms with Gasteiger partial charge in [0.05, 0.1) is 6.04 Å². The molecule has 3 nitrogen and oxygen atoms in total. The zero-order chi connectivity index (χ0) is 13.9. The summed E-state index contributed by atoms with van der Waals surface area (Å²) in [6, 6.07) is 0.476. The average molecular weight is 266 g/mol. The van der Waals surface area contributed by atoms with E-state index in [0.29, 0.717) is 11.9 Å². The van der Waals surface area contributed by atoms with E-state index in [-0.39, 0.29) is 11.5 Å². The molecule has 1 atom stereocenters. The number of carbonyl (C=O) groups excluding carboxylic acids is 1. The molecule has 1 aliphatic carbocycles. The van der Waals surface area contributed by atoms with Gasteiger partial charge in [0.25, 0.3) is 0 Å². The predicted octanol–water partition coefficient (Wildman–Crippen LogP) is 2.95. The molecule has 1 saturated carbocycles. The number of nitrogens with zero attached hydrogens (tertiary/aromatic N) is 1. The molecule has 1 saturated heterocycles. The molecule has 1 unspecified atom stereocenters. The highest BCUT2D eigenvalue weighted by atomic mass is 16.2. The zero-order valence-electron chi connectivity index (χ0n) is 12.9. The van der Waals surface area contributed by atoms with Gasteiger partial charge in [0.2, 0.25) is 5.91 Å². The first-order valence-electron chi connectivity index (χ1n) is 8.02. The van der Waals surface area contributed by atoms with E-state index in [1.54, 1.807) is 0 Å². The van der Waals surface area contributed by atoms with Crippen molar-refractivity contribution in [3.8, 4) is 0 Å². The van der Waals surface area contributed by atoms with Crippen LogP contribution in [0.1, 0.15) is 65.2 Å². The second-order valence-corrected chi connectivity index (χ2v) is 7.07. The van der Waals surface area contributed by atoms with Gasteiger partial charge in [-0.05, 0) is 37.6 Å². The summed E-state index contributed by atoms with van der Waals surface area (Å²) < 4.78 is 0. The van der Waals surface area contributed by atoms with Gasteiger partial charge in [0, 0.05) is 13.1 Å². The number of likely N-dealkylation sites (N-methyl/N-ethyl adjacent to an activating group) is 1. The fraction of sp³-hybridized carbons (Fsp3) is 0.938. The van der Waals surface area contributed by atoms with Crippen LogP contribution in [0.15, 0.2) is 0 Å². The number of rotatable bonds is 2. The van der Waals surface area contributed by atoms with Crippen molar-refractivity contribution in [2.45, 2.75) is 77.3 Å². The molecule has 1 heterocycles. The number of nitrogens with one attached hydrogen (secondary N) is 1. The van der Waals surface area contributed by atoms with Crippen LogP contribution >= 0.6 is 0 Å². The molecular weight excluding hydrogens is 236 g/mol. The highest BCUT2D eigenvalue weighted by Crippen LogP contribution is 2.32. The number of carbonyl (C=O) groups is 1. The summed E-state index contributed by atoms with van der Waals surface area (Å²) in [5.41, 5.74) is 0.0916. The number of amides is 1. The minimum Gasteiger partial charge on any atom is -0.341 e. The van der Waals surface area contributed by atoms with Crippen molar-refractivity contribution in [2.24, 2.45) is 5.41 Å². The molecule has 0 radical (unpaired) electrons. The summed E-state index contributed by atoms with van der Waals surface area (Å²) in [6.07, 6.45) is 9.95. The average Bonchev–Trinajstić information content (AvgIpc) is 2.65. The fourth-order valence-electron chi connectivity index (χ4n) is 3.66. The van der Waals surface area contributed by atoms with Gasteiger partial charge in [-0.1, -0.05) is 39.5 Å². The summed E-state index contributed by atoms with van der Waals surface area (Å²) in [5, 5.41) is 3.45. The summed E-state index contributed by atoms with van der Waals surface area (Å²) in [6.45, 7) is 5.43. The fourth-order valence-corrected chi connectivity index (χ4v) is 3.66. The minimum absolute atomic E-state index is 0.00880. The first-order valence-corrected chi connectivity index (χ1v) is 8.02. The summed E-state index contributed by atoms with van der Waals surface area (Å²) >= 11 is 0. The molecule has 0 bridgehead atoms.